The van der Waals surface area contributed by atoms with Gasteiger partial charge in [0.15, 0.2) is 0 Å². The molecule has 0 aliphatic heterocycles. The van der Waals surface area contributed by atoms with Crippen LogP contribution in [0.3, 0.4) is 0 Å². The second-order valence-corrected chi connectivity index (χ2v) is 3.65. The van der Waals surface area contributed by atoms with E-state index in [0.717, 1.165) is 17.9 Å². The molecule has 1 heterocycles. The second-order valence-electron chi connectivity index (χ2n) is 3.65. The Labute approximate surface area is 91.2 Å². The lowest BCUT2D eigenvalue weighted by Crippen LogP contribution is -2.10. The van der Waals surface area contributed by atoms with Crippen LogP contribution in [0, 0.1) is 0 Å². The first-order valence-corrected chi connectivity index (χ1v) is 5.31. The number of unbranched alkanes of at least 4 members (excludes halogenated alkanes) is 2. The Morgan fingerprint density at radius 3 is 2.73 bits per heavy atom. The van der Waals surface area contributed by atoms with Crippen LogP contribution in [0.2, 0.25) is 0 Å². The monoisotopic (exact) mass is 211 g/mol. The first kappa shape index (κ1) is 14.0. The zero-order chi connectivity index (χ0) is 10.4. The fourth-order valence-electron chi connectivity index (χ4n) is 1.33. The van der Waals surface area contributed by atoms with Gasteiger partial charge in [0.05, 0.1) is 6.04 Å². The van der Waals surface area contributed by atoms with Crippen molar-refractivity contribution in [1.29, 1.82) is 0 Å². The molecule has 0 fully saturated rings. The van der Waals surface area contributed by atoms with Crippen molar-refractivity contribution in [2.75, 3.05) is 0 Å². The zero-order valence-electron chi connectivity index (χ0n) is 9.53. The van der Waals surface area contributed by atoms with E-state index < -0.39 is 0 Å². The molecule has 0 radical (unpaired) electrons. The Balaban J connectivity index is 0.00000196. The van der Waals surface area contributed by atoms with Gasteiger partial charge < -0.3 is 11.2 Å². The summed E-state index contributed by atoms with van der Waals surface area (Å²) in [6, 6.07) is 1.91. The van der Waals surface area contributed by atoms with Crippen molar-refractivity contribution < 1.29 is 5.48 Å². The standard InChI is InChI=1S/C11H19N3.H2O/c1-3-4-5-6-10-7-8-13-11(14-10)9(2)12;/h7-9H,3-6,12H2,1-2H3;1H2. The summed E-state index contributed by atoms with van der Waals surface area (Å²) in [5.41, 5.74) is 6.82. The van der Waals surface area contributed by atoms with Crippen LogP contribution in [0.1, 0.15) is 50.7 Å². The van der Waals surface area contributed by atoms with Gasteiger partial charge in [0.25, 0.3) is 0 Å². The lowest BCUT2D eigenvalue weighted by Gasteiger charge is -2.05. The highest BCUT2D eigenvalue weighted by Crippen LogP contribution is 2.06. The molecular formula is C11H21N3O. The lowest BCUT2D eigenvalue weighted by atomic mass is 10.1. The normalized spacial score (nSPS) is 11.9. The molecular weight excluding hydrogens is 190 g/mol. The predicted octanol–water partition coefficient (Wildman–Crippen LogP) is 1.40. The molecule has 0 bridgehead atoms. The molecule has 1 rings (SSSR count). The van der Waals surface area contributed by atoms with Gasteiger partial charge in [-0.15, -0.1) is 0 Å². The molecule has 0 aliphatic carbocycles. The van der Waals surface area contributed by atoms with Gasteiger partial charge >= 0.3 is 0 Å². The minimum absolute atomic E-state index is 0. The molecule has 0 aromatic carbocycles. The van der Waals surface area contributed by atoms with Crippen LogP contribution in [0.4, 0.5) is 0 Å². The largest absolute Gasteiger partial charge is 0.412 e. The summed E-state index contributed by atoms with van der Waals surface area (Å²) in [5.74, 6) is 0.749. The molecule has 4 nitrogen and oxygen atoms in total. The maximum atomic E-state index is 5.71. The van der Waals surface area contributed by atoms with Crippen LogP contribution < -0.4 is 5.73 Å². The number of hydrogen-bond donors (Lipinski definition) is 1. The summed E-state index contributed by atoms with van der Waals surface area (Å²) in [6.45, 7) is 4.11. The van der Waals surface area contributed by atoms with Crippen molar-refractivity contribution in [3.63, 3.8) is 0 Å². The quantitative estimate of drug-likeness (QED) is 0.747. The van der Waals surface area contributed by atoms with Crippen molar-refractivity contribution in [2.24, 2.45) is 5.73 Å². The Morgan fingerprint density at radius 2 is 2.13 bits per heavy atom. The van der Waals surface area contributed by atoms with Crippen LogP contribution in [0.5, 0.6) is 0 Å². The minimum Gasteiger partial charge on any atom is -0.412 e. The number of aryl methyl sites for hydroxylation is 1. The van der Waals surface area contributed by atoms with Crippen LogP contribution in [0.25, 0.3) is 0 Å². The molecule has 4 heteroatoms. The van der Waals surface area contributed by atoms with Gasteiger partial charge in [0, 0.05) is 11.9 Å². The van der Waals surface area contributed by atoms with Gasteiger partial charge in [-0.25, -0.2) is 9.97 Å². The fourth-order valence-corrected chi connectivity index (χ4v) is 1.33. The SMILES string of the molecule is CCCCCc1ccnc(C(C)N)n1.O. The second kappa shape index (κ2) is 7.31. The minimum atomic E-state index is -0.0684. The topological polar surface area (TPSA) is 83.3 Å². The molecule has 0 amide bonds. The van der Waals surface area contributed by atoms with Crippen LogP contribution in [-0.4, -0.2) is 15.4 Å². The van der Waals surface area contributed by atoms with E-state index in [1.807, 2.05) is 13.0 Å². The van der Waals surface area contributed by atoms with E-state index in [-0.39, 0.29) is 11.5 Å². The van der Waals surface area contributed by atoms with E-state index in [9.17, 15) is 0 Å². The highest BCUT2D eigenvalue weighted by molar-refractivity contribution is 5.04. The molecule has 1 aromatic rings. The van der Waals surface area contributed by atoms with Gasteiger partial charge in [-0.05, 0) is 25.8 Å². The lowest BCUT2D eigenvalue weighted by molar-refractivity contribution is 0.683. The molecule has 0 saturated heterocycles. The number of aromatic nitrogens is 2. The smallest absolute Gasteiger partial charge is 0.144 e. The average Bonchev–Trinajstić information content (AvgIpc) is 2.19. The van der Waals surface area contributed by atoms with Crippen molar-refractivity contribution in [3.8, 4) is 0 Å². The van der Waals surface area contributed by atoms with Crippen LogP contribution in [0.15, 0.2) is 12.3 Å². The first-order valence-electron chi connectivity index (χ1n) is 5.31. The number of rotatable bonds is 5. The Hall–Kier alpha value is -1.00. The van der Waals surface area contributed by atoms with Gasteiger partial charge in [0.1, 0.15) is 5.82 Å². The van der Waals surface area contributed by atoms with Gasteiger partial charge in [0.2, 0.25) is 0 Å². The van der Waals surface area contributed by atoms with Crippen LogP contribution in [-0.2, 0) is 6.42 Å². The Morgan fingerprint density at radius 1 is 1.40 bits per heavy atom. The number of nitrogens with zero attached hydrogens (tertiary/aromatic N) is 2. The fraction of sp³-hybridized carbons (Fsp3) is 0.636. The molecule has 15 heavy (non-hydrogen) atoms. The molecule has 1 unspecified atom stereocenters. The predicted molar refractivity (Wildman–Crippen MR) is 61.5 cm³/mol. The summed E-state index contributed by atoms with van der Waals surface area (Å²) in [4.78, 5) is 8.54. The van der Waals surface area contributed by atoms with Crippen molar-refractivity contribution >= 4 is 0 Å². The van der Waals surface area contributed by atoms with Crippen molar-refractivity contribution in [3.05, 3.63) is 23.8 Å². The van der Waals surface area contributed by atoms with Crippen molar-refractivity contribution in [1.82, 2.24) is 9.97 Å². The Bertz CT molecular complexity index is 276. The maximum absolute atomic E-state index is 5.71. The average molecular weight is 211 g/mol. The van der Waals surface area contributed by atoms with Gasteiger partial charge in [-0.3, -0.25) is 0 Å². The van der Waals surface area contributed by atoms with Crippen molar-refractivity contribution in [2.45, 2.75) is 45.6 Å². The van der Waals surface area contributed by atoms with E-state index in [4.69, 9.17) is 5.73 Å². The van der Waals surface area contributed by atoms with E-state index in [1.54, 1.807) is 6.20 Å². The molecule has 0 aliphatic rings. The van der Waals surface area contributed by atoms with Gasteiger partial charge in [-0.2, -0.15) is 0 Å². The maximum Gasteiger partial charge on any atom is 0.144 e. The summed E-state index contributed by atoms with van der Waals surface area (Å²) in [6.07, 6.45) is 6.54. The number of nitrogens with two attached hydrogens (primary N) is 1. The molecule has 0 spiro atoms. The third-order valence-corrected chi connectivity index (χ3v) is 2.18. The van der Waals surface area contributed by atoms with Crippen LogP contribution >= 0.6 is 0 Å². The third kappa shape index (κ3) is 4.85. The number of hydrogen-bond acceptors (Lipinski definition) is 3. The van der Waals surface area contributed by atoms with Gasteiger partial charge in [-0.1, -0.05) is 19.8 Å². The first-order chi connectivity index (χ1) is 6.74. The van der Waals surface area contributed by atoms with E-state index in [0.29, 0.717) is 0 Å². The molecule has 1 aromatic heterocycles. The highest BCUT2D eigenvalue weighted by Gasteiger charge is 2.03. The zero-order valence-corrected chi connectivity index (χ0v) is 9.53. The van der Waals surface area contributed by atoms with E-state index >= 15 is 0 Å². The molecule has 0 saturated carbocycles. The molecule has 1 atom stereocenters. The Kier molecular flexibility index (Phi) is 6.83. The molecule has 4 N–H and O–H groups in total. The molecule has 86 valence electrons. The highest BCUT2D eigenvalue weighted by atomic mass is 16.0. The van der Waals surface area contributed by atoms with E-state index in [2.05, 4.69) is 16.9 Å². The third-order valence-electron chi connectivity index (χ3n) is 2.18. The van der Waals surface area contributed by atoms with E-state index in [1.165, 1.54) is 19.3 Å². The summed E-state index contributed by atoms with van der Waals surface area (Å²) < 4.78 is 0. The summed E-state index contributed by atoms with van der Waals surface area (Å²) in [7, 11) is 0. The summed E-state index contributed by atoms with van der Waals surface area (Å²) >= 11 is 0. The summed E-state index contributed by atoms with van der Waals surface area (Å²) in [5, 5.41) is 0.